The molecular weight excluding hydrogens is 80.0 g/mol. The van der Waals surface area contributed by atoms with E-state index < -0.39 is 0 Å². The summed E-state index contributed by atoms with van der Waals surface area (Å²) >= 11 is 0. The maximum Gasteiger partial charge on any atom is 0.448 e. The molecule has 0 unspecified atom stereocenters. The molecule has 1 radical (unpaired) electrons. The zero-order valence-corrected chi connectivity index (χ0v) is 3.30. The Kier molecular flexibility index (Phi) is 1.93. The van der Waals surface area contributed by atoms with Crippen molar-refractivity contribution in [3.05, 3.63) is 5.53 Å². The van der Waals surface area contributed by atoms with Gasteiger partial charge in [0.25, 0.3) is 0 Å². The largest absolute Gasteiger partial charge is 0.448 e. The van der Waals surface area contributed by atoms with Crippen molar-refractivity contribution in [3.63, 3.8) is 0 Å². The Morgan fingerprint density at radius 3 is 2.50 bits per heavy atom. The Bertz CT molecular complexity index is 101. The lowest BCUT2D eigenvalue weighted by Gasteiger charge is -1.51. The number of nitrogens with zero attached hydrogens (tertiary/aromatic N) is 2. The van der Waals surface area contributed by atoms with Gasteiger partial charge in [0, 0.05) is 6.92 Å². The number of hydrogen-bond acceptors (Lipinski definition) is 1. The van der Waals surface area contributed by atoms with Crippen molar-refractivity contribution in [1.29, 1.82) is 0 Å². The maximum absolute atomic E-state index is 9.68. The van der Waals surface area contributed by atoms with Crippen LogP contribution in [-0.2, 0) is 4.79 Å². The Labute approximate surface area is 35.2 Å². The zero-order chi connectivity index (χ0) is 4.99. The molecule has 0 spiro atoms. The molecular formula is C3H3N2O. The maximum atomic E-state index is 9.68. The Morgan fingerprint density at radius 1 is 2.00 bits per heavy atom. The highest BCUT2D eigenvalue weighted by molar-refractivity contribution is 6.23. The van der Waals surface area contributed by atoms with E-state index in [0.29, 0.717) is 0 Å². The summed E-state index contributed by atoms with van der Waals surface area (Å²) in [5.74, 6) is -0.377. The fraction of sp³-hybridized carbons (Fsp3) is 0.333. The number of Topliss-reactive ketones (excluding diaryl/α,β-unsaturated/α-hetero) is 1. The standard InChI is InChI=1S/C3H3N2O/c1-3(6)2-5-4/h1H3. The van der Waals surface area contributed by atoms with Crippen LogP contribution in [0, 0.1) is 0 Å². The zero-order valence-electron chi connectivity index (χ0n) is 3.30. The van der Waals surface area contributed by atoms with Gasteiger partial charge >= 0.3 is 6.21 Å². The first-order chi connectivity index (χ1) is 2.77. The molecule has 0 saturated carbocycles. The molecule has 0 bridgehead atoms. The predicted octanol–water partition coefficient (Wildman–Crippen LogP) is -0.247. The average Bonchev–Trinajstić information content (AvgIpc) is 1.35. The Balaban J connectivity index is 3.60. The van der Waals surface area contributed by atoms with Gasteiger partial charge in [0.1, 0.15) is 0 Å². The molecule has 31 valence electrons. The van der Waals surface area contributed by atoms with E-state index in [1.54, 1.807) is 6.21 Å². The molecule has 6 heavy (non-hydrogen) atoms. The van der Waals surface area contributed by atoms with E-state index in [9.17, 15) is 4.79 Å². The van der Waals surface area contributed by atoms with Crippen molar-refractivity contribution < 1.29 is 9.58 Å². The van der Waals surface area contributed by atoms with E-state index in [1.165, 1.54) is 6.92 Å². The van der Waals surface area contributed by atoms with Crippen LogP contribution in [-0.4, -0.2) is 16.8 Å². The number of carbonyl (C=O) groups is 1. The first kappa shape index (κ1) is 5.05. The molecule has 3 heteroatoms. The van der Waals surface area contributed by atoms with E-state index in [0.717, 1.165) is 0 Å². The third-order valence-electron chi connectivity index (χ3n) is 0.207. The summed E-state index contributed by atoms with van der Waals surface area (Å²) in [7, 11) is 0. The molecule has 0 aromatic heterocycles. The molecule has 0 rings (SSSR count). The van der Waals surface area contributed by atoms with Crippen molar-refractivity contribution in [2.75, 3.05) is 0 Å². The molecule has 0 aliphatic carbocycles. The SMILES string of the molecule is CC(=O)[C]=[N+]=[N-]. The van der Waals surface area contributed by atoms with E-state index >= 15 is 0 Å². The van der Waals surface area contributed by atoms with Gasteiger partial charge in [-0.3, -0.25) is 4.79 Å². The number of carbonyl (C=O) groups excluding carboxylic acids is 1. The van der Waals surface area contributed by atoms with Crippen LogP contribution in [0.4, 0.5) is 0 Å². The normalized spacial score (nSPS) is 6.17. The number of ketones is 1. The van der Waals surface area contributed by atoms with Gasteiger partial charge in [0.15, 0.2) is 0 Å². The second-order valence-electron chi connectivity index (χ2n) is 0.768. The van der Waals surface area contributed by atoms with E-state index in [4.69, 9.17) is 5.53 Å². The molecule has 0 fully saturated rings. The van der Waals surface area contributed by atoms with Crippen molar-refractivity contribution in [2.24, 2.45) is 0 Å². The van der Waals surface area contributed by atoms with Crippen LogP contribution in [0.2, 0.25) is 0 Å². The third-order valence-corrected chi connectivity index (χ3v) is 0.207. The van der Waals surface area contributed by atoms with Crippen LogP contribution in [0.25, 0.3) is 5.53 Å². The molecule has 3 nitrogen and oxygen atoms in total. The van der Waals surface area contributed by atoms with Crippen LogP contribution in [0.1, 0.15) is 6.92 Å². The second kappa shape index (κ2) is 2.30. The van der Waals surface area contributed by atoms with Gasteiger partial charge in [-0.25, -0.2) is 0 Å². The van der Waals surface area contributed by atoms with Crippen LogP contribution < -0.4 is 0 Å². The van der Waals surface area contributed by atoms with Gasteiger partial charge in [-0.15, -0.1) is 0 Å². The molecule has 0 amide bonds. The topological polar surface area (TPSA) is 53.5 Å². The molecule has 0 aromatic carbocycles. The van der Waals surface area contributed by atoms with Gasteiger partial charge in [-0.2, -0.15) is 4.79 Å². The summed E-state index contributed by atoms with van der Waals surface area (Å²) in [4.78, 5) is 12.0. The van der Waals surface area contributed by atoms with Crippen molar-refractivity contribution in [2.45, 2.75) is 6.92 Å². The molecule has 0 saturated heterocycles. The van der Waals surface area contributed by atoms with Gasteiger partial charge in [-0.05, 0) is 0 Å². The first-order valence-corrected chi connectivity index (χ1v) is 1.38. The molecule has 0 aliphatic heterocycles. The Hall–Kier alpha value is -0.950. The minimum absolute atomic E-state index is 0.377. The first-order valence-electron chi connectivity index (χ1n) is 1.38. The average molecular weight is 83.1 g/mol. The highest BCUT2D eigenvalue weighted by Gasteiger charge is 1.88. The van der Waals surface area contributed by atoms with Gasteiger partial charge in [0.05, 0.1) is 0 Å². The summed E-state index contributed by atoms with van der Waals surface area (Å²) in [5, 5.41) is 0. The van der Waals surface area contributed by atoms with Crippen molar-refractivity contribution >= 4 is 12.0 Å². The summed E-state index contributed by atoms with van der Waals surface area (Å²) < 4.78 is 0. The monoisotopic (exact) mass is 83.0 g/mol. The van der Waals surface area contributed by atoms with Gasteiger partial charge in [0.2, 0.25) is 5.78 Å². The number of rotatable bonds is 1. The van der Waals surface area contributed by atoms with Crippen molar-refractivity contribution in [3.8, 4) is 0 Å². The molecule has 0 heterocycles. The lowest BCUT2D eigenvalue weighted by Crippen LogP contribution is -1.88. The van der Waals surface area contributed by atoms with Gasteiger partial charge in [-0.1, -0.05) is 0 Å². The van der Waals surface area contributed by atoms with Crippen LogP contribution in [0.5, 0.6) is 0 Å². The Morgan fingerprint density at radius 2 is 2.50 bits per heavy atom. The molecule has 0 N–H and O–H groups in total. The smallest absolute Gasteiger partial charge is 0.360 e. The lowest BCUT2D eigenvalue weighted by molar-refractivity contribution is -0.114. The number of hydrogen-bond donors (Lipinski definition) is 0. The quantitative estimate of drug-likeness (QED) is 0.245. The molecule has 0 aliphatic rings. The fourth-order valence-electron chi connectivity index (χ4n) is 0.0704. The highest BCUT2D eigenvalue weighted by Crippen LogP contribution is 1.49. The van der Waals surface area contributed by atoms with E-state index in [1.807, 2.05) is 0 Å². The summed E-state index contributed by atoms with van der Waals surface area (Å²) in [6.45, 7) is 1.25. The van der Waals surface area contributed by atoms with E-state index in [2.05, 4.69) is 4.79 Å². The lowest BCUT2D eigenvalue weighted by atomic mass is 10.5. The van der Waals surface area contributed by atoms with Crippen LogP contribution in [0.3, 0.4) is 0 Å². The predicted molar refractivity (Wildman–Crippen MR) is 19.3 cm³/mol. The van der Waals surface area contributed by atoms with Crippen molar-refractivity contribution in [1.82, 2.24) is 0 Å². The fourth-order valence-corrected chi connectivity index (χ4v) is 0.0704. The van der Waals surface area contributed by atoms with Crippen LogP contribution >= 0.6 is 0 Å². The summed E-state index contributed by atoms with van der Waals surface area (Å²) in [6.07, 6.45) is 1.75. The molecule has 0 aromatic rings. The van der Waals surface area contributed by atoms with Crippen LogP contribution in [0.15, 0.2) is 0 Å². The van der Waals surface area contributed by atoms with E-state index in [-0.39, 0.29) is 5.78 Å². The highest BCUT2D eigenvalue weighted by atomic mass is 16.1. The minimum atomic E-state index is -0.377. The minimum Gasteiger partial charge on any atom is -0.360 e. The molecule has 0 atom stereocenters. The summed E-state index contributed by atoms with van der Waals surface area (Å²) in [6, 6.07) is 0. The third kappa shape index (κ3) is 3.05. The summed E-state index contributed by atoms with van der Waals surface area (Å²) in [5.41, 5.74) is 7.53. The second-order valence-corrected chi connectivity index (χ2v) is 0.768. The van der Waals surface area contributed by atoms with Gasteiger partial charge < -0.3 is 5.53 Å².